The van der Waals surface area contributed by atoms with E-state index in [-0.39, 0.29) is 0 Å². The fourth-order valence-corrected chi connectivity index (χ4v) is 4.82. The van der Waals surface area contributed by atoms with E-state index in [0.717, 1.165) is 24.0 Å². The number of carboxylic acids is 1. The molecule has 2 nitrogen and oxygen atoms in total. The van der Waals surface area contributed by atoms with E-state index in [1.165, 1.54) is 77.0 Å². The minimum atomic E-state index is -1.07. The summed E-state index contributed by atoms with van der Waals surface area (Å²) in [7, 11) is 0. The van der Waals surface area contributed by atoms with Gasteiger partial charge in [0.2, 0.25) is 0 Å². The average molecular weight is 436 g/mol. The Morgan fingerprint density at radius 1 is 0.594 bits per heavy atom. The van der Waals surface area contributed by atoms with Gasteiger partial charge in [-0.25, -0.2) is 0 Å². The van der Waals surface area contributed by atoms with Crippen molar-refractivity contribution in [2.45, 2.75) is 109 Å². The first-order chi connectivity index (χ1) is 15.7. The van der Waals surface area contributed by atoms with E-state index in [1.807, 2.05) is 60.7 Å². The molecule has 0 N–H and O–H groups in total. The lowest BCUT2D eigenvalue weighted by atomic mass is 9.71. The number of hydrogen-bond donors (Lipinski definition) is 0. The fourth-order valence-electron chi connectivity index (χ4n) is 4.82. The lowest BCUT2D eigenvalue weighted by molar-refractivity contribution is -0.312. The SMILES string of the molecule is CCCCCCCCCCCCCCCCC(C(=O)[O-])(c1ccccc1)c1ccccc1. The van der Waals surface area contributed by atoms with Crippen LogP contribution < -0.4 is 5.11 Å². The van der Waals surface area contributed by atoms with Gasteiger partial charge in [0.05, 0.1) is 11.4 Å². The number of carbonyl (C=O) groups is 1. The van der Waals surface area contributed by atoms with Gasteiger partial charge in [-0.1, -0.05) is 157 Å². The van der Waals surface area contributed by atoms with Crippen molar-refractivity contribution in [3.8, 4) is 0 Å². The van der Waals surface area contributed by atoms with E-state index in [0.29, 0.717) is 6.42 Å². The lowest BCUT2D eigenvalue weighted by Gasteiger charge is -2.36. The highest BCUT2D eigenvalue weighted by Crippen LogP contribution is 2.37. The molecule has 0 radical (unpaired) electrons. The van der Waals surface area contributed by atoms with Crippen LogP contribution in [0.3, 0.4) is 0 Å². The van der Waals surface area contributed by atoms with E-state index in [2.05, 4.69) is 6.92 Å². The maximum absolute atomic E-state index is 12.5. The normalized spacial score (nSPS) is 11.5. The molecule has 0 fully saturated rings. The molecule has 2 heteroatoms. The van der Waals surface area contributed by atoms with Crippen LogP contribution in [-0.2, 0) is 10.2 Å². The number of hydrogen-bond acceptors (Lipinski definition) is 2. The maximum Gasteiger partial charge on any atom is 0.0597 e. The molecule has 0 aliphatic rings. The number of unbranched alkanes of at least 4 members (excludes halogenated alkanes) is 13. The molecule has 32 heavy (non-hydrogen) atoms. The van der Waals surface area contributed by atoms with Crippen LogP contribution in [0, 0.1) is 0 Å². The Morgan fingerprint density at radius 2 is 0.938 bits per heavy atom. The molecule has 0 amide bonds. The standard InChI is InChI=1S/C30H44O2/c1-2-3-4-5-6-7-8-9-10-11-12-13-14-21-26-30(29(31)32,27-22-17-15-18-23-27)28-24-19-16-20-25-28/h15-20,22-25H,2-14,21,26H2,1H3,(H,31,32)/p-1. The zero-order valence-electron chi connectivity index (χ0n) is 20.2. The van der Waals surface area contributed by atoms with E-state index in [9.17, 15) is 9.90 Å². The number of carbonyl (C=O) groups excluding carboxylic acids is 1. The second kappa shape index (κ2) is 15.7. The topological polar surface area (TPSA) is 40.1 Å². The summed E-state index contributed by atoms with van der Waals surface area (Å²) < 4.78 is 0. The molecule has 0 aliphatic carbocycles. The monoisotopic (exact) mass is 435 g/mol. The Balaban J connectivity index is 1.72. The van der Waals surface area contributed by atoms with Crippen LogP contribution in [0.4, 0.5) is 0 Å². The van der Waals surface area contributed by atoms with Crippen LogP contribution in [0.2, 0.25) is 0 Å². The molecular formula is C30H43O2-. The largest absolute Gasteiger partial charge is 0.549 e. The summed E-state index contributed by atoms with van der Waals surface area (Å²) >= 11 is 0. The van der Waals surface area contributed by atoms with E-state index >= 15 is 0 Å². The summed E-state index contributed by atoms with van der Waals surface area (Å²) in [5.74, 6) is -0.996. The molecule has 0 aliphatic heterocycles. The number of aliphatic carboxylic acids is 1. The summed E-state index contributed by atoms with van der Waals surface area (Å²) in [6, 6.07) is 19.2. The van der Waals surface area contributed by atoms with Gasteiger partial charge in [0.1, 0.15) is 0 Å². The van der Waals surface area contributed by atoms with Gasteiger partial charge in [0.25, 0.3) is 0 Å². The highest BCUT2D eigenvalue weighted by molar-refractivity contribution is 5.84. The predicted molar refractivity (Wildman–Crippen MR) is 134 cm³/mol. The Bertz CT molecular complexity index is 684. The van der Waals surface area contributed by atoms with Crippen molar-refractivity contribution in [3.05, 3.63) is 71.8 Å². The van der Waals surface area contributed by atoms with Gasteiger partial charge in [0, 0.05) is 0 Å². The van der Waals surface area contributed by atoms with Crippen molar-refractivity contribution >= 4 is 5.97 Å². The van der Waals surface area contributed by atoms with Gasteiger partial charge >= 0.3 is 0 Å². The lowest BCUT2D eigenvalue weighted by Crippen LogP contribution is -2.46. The van der Waals surface area contributed by atoms with Crippen molar-refractivity contribution < 1.29 is 9.90 Å². The first-order valence-electron chi connectivity index (χ1n) is 13.0. The Hall–Kier alpha value is -2.09. The summed E-state index contributed by atoms with van der Waals surface area (Å²) in [4.78, 5) is 12.5. The Kier molecular flexibility index (Phi) is 12.8. The molecule has 0 aromatic heterocycles. The van der Waals surface area contributed by atoms with Gasteiger partial charge in [-0.05, 0) is 17.5 Å². The van der Waals surface area contributed by atoms with Crippen LogP contribution in [0.5, 0.6) is 0 Å². The minimum absolute atomic E-state index is 0.585. The van der Waals surface area contributed by atoms with E-state index < -0.39 is 11.4 Å². The molecule has 2 rings (SSSR count). The minimum Gasteiger partial charge on any atom is -0.549 e. The van der Waals surface area contributed by atoms with Crippen LogP contribution in [0.15, 0.2) is 60.7 Å². The van der Waals surface area contributed by atoms with Gasteiger partial charge in [-0.15, -0.1) is 0 Å². The Labute approximate surface area is 196 Å². The molecular weight excluding hydrogens is 392 g/mol. The zero-order valence-corrected chi connectivity index (χ0v) is 20.2. The fraction of sp³-hybridized carbons (Fsp3) is 0.567. The van der Waals surface area contributed by atoms with Crippen LogP contribution in [0.25, 0.3) is 0 Å². The predicted octanol–water partition coefficient (Wildman–Crippen LogP) is 7.59. The van der Waals surface area contributed by atoms with Gasteiger partial charge < -0.3 is 9.90 Å². The third-order valence-corrected chi connectivity index (χ3v) is 6.79. The second-order valence-corrected chi connectivity index (χ2v) is 9.27. The van der Waals surface area contributed by atoms with Gasteiger partial charge in [0.15, 0.2) is 0 Å². The van der Waals surface area contributed by atoms with Crippen molar-refractivity contribution in [1.82, 2.24) is 0 Å². The number of benzene rings is 2. The molecule has 0 saturated heterocycles. The van der Waals surface area contributed by atoms with Crippen molar-refractivity contribution in [2.75, 3.05) is 0 Å². The summed E-state index contributed by atoms with van der Waals surface area (Å²) in [6.45, 7) is 2.27. The average Bonchev–Trinajstić information content (AvgIpc) is 2.83. The molecule has 0 heterocycles. The molecule has 0 saturated carbocycles. The van der Waals surface area contributed by atoms with E-state index in [4.69, 9.17) is 0 Å². The maximum atomic E-state index is 12.5. The smallest absolute Gasteiger partial charge is 0.0597 e. The van der Waals surface area contributed by atoms with Gasteiger partial charge in [-0.3, -0.25) is 0 Å². The molecule has 176 valence electrons. The third-order valence-electron chi connectivity index (χ3n) is 6.79. The molecule has 0 bridgehead atoms. The summed E-state index contributed by atoms with van der Waals surface area (Å²) in [5, 5.41) is 12.5. The van der Waals surface area contributed by atoms with Crippen molar-refractivity contribution in [3.63, 3.8) is 0 Å². The quantitative estimate of drug-likeness (QED) is 0.226. The summed E-state index contributed by atoms with van der Waals surface area (Å²) in [5.41, 5.74) is 0.571. The molecule has 0 unspecified atom stereocenters. The van der Waals surface area contributed by atoms with E-state index in [1.54, 1.807) is 0 Å². The van der Waals surface area contributed by atoms with Crippen LogP contribution in [-0.4, -0.2) is 5.97 Å². The van der Waals surface area contributed by atoms with Crippen molar-refractivity contribution in [2.24, 2.45) is 0 Å². The van der Waals surface area contributed by atoms with Crippen molar-refractivity contribution in [1.29, 1.82) is 0 Å². The zero-order chi connectivity index (χ0) is 22.9. The van der Waals surface area contributed by atoms with Gasteiger partial charge in [-0.2, -0.15) is 0 Å². The third kappa shape index (κ3) is 8.45. The highest BCUT2D eigenvalue weighted by atomic mass is 16.4. The number of carboxylic acid groups (broad SMARTS) is 1. The molecule has 0 atom stereocenters. The van der Waals surface area contributed by atoms with Crippen LogP contribution >= 0.6 is 0 Å². The Morgan fingerprint density at radius 3 is 1.28 bits per heavy atom. The molecule has 2 aromatic rings. The highest BCUT2D eigenvalue weighted by Gasteiger charge is 2.35. The molecule has 0 spiro atoms. The summed E-state index contributed by atoms with van der Waals surface area (Å²) in [6.07, 6.45) is 18.7. The van der Waals surface area contributed by atoms with Crippen LogP contribution in [0.1, 0.15) is 114 Å². The second-order valence-electron chi connectivity index (χ2n) is 9.27. The number of rotatable bonds is 18. The molecule has 2 aromatic carbocycles. The first-order valence-corrected chi connectivity index (χ1v) is 13.0. The first kappa shape index (κ1) is 26.2.